The molecule has 5 rings (SSSR count). The molecule has 4 aromatic rings. The van der Waals surface area contributed by atoms with E-state index >= 15 is 0 Å². The summed E-state index contributed by atoms with van der Waals surface area (Å²) in [6, 6.07) is 11.3. The zero-order valence-corrected chi connectivity index (χ0v) is 20.7. The van der Waals surface area contributed by atoms with Gasteiger partial charge in [0.05, 0.1) is 36.0 Å². The number of hydrogen-bond acceptors (Lipinski definition) is 6. The second kappa shape index (κ2) is 8.78. The van der Waals surface area contributed by atoms with Gasteiger partial charge in [-0.15, -0.1) is 0 Å². The maximum absolute atomic E-state index is 14.0. The van der Waals surface area contributed by atoms with E-state index in [1.54, 1.807) is 47.0 Å². The predicted molar refractivity (Wildman–Crippen MR) is 135 cm³/mol. The number of benzene rings is 2. The molecule has 1 aliphatic heterocycles. The molecule has 3 heterocycles. The van der Waals surface area contributed by atoms with Crippen molar-refractivity contribution in [2.24, 2.45) is 0 Å². The lowest BCUT2D eigenvalue weighted by atomic mass is 10.1. The summed E-state index contributed by atoms with van der Waals surface area (Å²) in [6.07, 6.45) is 3.75. The predicted octanol–water partition coefficient (Wildman–Crippen LogP) is 2.96. The Morgan fingerprint density at radius 3 is 2.60 bits per heavy atom. The minimum absolute atomic E-state index is 0.120. The first kappa shape index (κ1) is 23.5. The van der Waals surface area contributed by atoms with Crippen LogP contribution in [0.15, 0.2) is 58.3 Å². The van der Waals surface area contributed by atoms with Crippen LogP contribution in [0.25, 0.3) is 27.5 Å². The van der Waals surface area contributed by atoms with Gasteiger partial charge in [0.15, 0.2) is 0 Å². The highest BCUT2D eigenvalue weighted by Crippen LogP contribution is 2.31. The van der Waals surface area contributed by atoms with Crippen LogP contribution < -0.4 is 16.0 Å². The molecule has 0 amide bonds. The lowest BCUT2D eigenvalue weighted by Gasteiger charge is -2.33. The smallest absolute Gasteiger partial charge is 0.336 e. The fourth-order valence-corrected chi connectivity index (χ4v) is 5.88. The van der Waals surface area contributed by atoms with Crippen molar-refractivity contribution < 1.29 is 13.2 Å². The number of fused-ring (bicyclic) bond motifs is 3. The number of para-hydroxylation sites is 1. The van der Waals surface area contributed by atoms with Gasteiger partial charge in [-0.25, -0.2) is 22.1 Å². The Hall–Kier alpha value is -3.21. The van der Waals surface area contributed by atoms with E-state index in [1.165, 1.54) is 17.6 Å². The van der Waals surface area contributed by atoms with Crippen molar-refractivity contribution in [3.05, 3.63) is 74.5 Å². The van der Waals surface area contributed by atoms with Crippen molar-refractivity contribution in [2.75, 3.05) is 26.5 Å². The Balaban J connectivity index is 1.91. The maximum atomic E-state index is 14.0. The highest BCUT2D eigenvalue weighted by molar-refractivity contribution is 7.88. The Kier molecular flexibility index (Phi) is 5.90. The molecular weight excluding hydrogens is 492 g/mol. The van der Waals surface area contributed by atoms with E-state index in [2.05, 4.69) is 4.98 Å². The summed E-state index contributed by atoms with van der Waals surface area (Å²) >= 11 is 6.16. The summed E-state index contributed by atoms with van der Waals surface area (Å²) in [5, 5.41) is 1.19. The number of ether oxygens (including phenoxy) is 1. The molecule has 0 spiro atoms. The van der Waals surface area contributed by atoms with E-state index in [-0.39, 0.29) is 11.9 Å². The summed E-state index contributed by atoms with van der Waals surface area (Å²) < 4.78 is 34.1. The average molecular weight is 515 g/mol. The van der Waals surface area contributed by atoms with Crippen LogP contribution in [-0.4, -0.2) is 53.3 Å². The number of rotatable bonds is 4. The van der Waals surface area contributed by atoms with E-state index in [1.807, 2.05) is 0 Å². The van der Waals surface area contributed by atoms with Gasteiger partial charge in [-0.2, -0.15) is 0 Å². The van der Waals surface area contributed by atoms with Crippen LogP contribution in [0, 0.1) is 0 Å². The highest BCUT2D eigenvalue weighted by Gasteiger charge is 2.30. The number of pyridine rings is 1. The van der Waals surface area contributed by atoms with E-state index < -0.39 is 27.3 Å². The molecule has 0 N–H and O–H groups in total. The number of piperidine rings is 1. The first-order valence-electron chi connectivity index (χ1n) is 11.0. The largest absolute Gasteiger partial charge is 0.494 e. The standard InChI is InChI=1S/C24H23ClN4O5S/c1-34-20-10-4-9-18-21(20)26-13-19-22(18)28(17-8-5-11-27(14-17)35(2,32)33)24(31)29(23(19)30)16-7-3-6-15(25)12-16/h3-4,6-7,9-10,12-13,17H,5,8,11,14H2,1-2H3. The minimum atomic E-state index is -3.46. The summed E-state index contributed by atoms with van der Waals surface area (Å²) in [7, 11) is -1.94. The third kappa shape index (κ3) is 4.01. The van der Waals surface area contributed by atoms with Crippen LogP contribution in [-0.2, 0) is 10.0 Å². The first-order chi connectivity index (χ1) is 16.7. The van der Waals surface area contributed by atoms with Crippen LogP contribution in [0.3, 0.4) is 0 Å². The summed E-state index contributed by atoms with van der Waals surface area (Å²) in [6.45, 7) is 0.501. The van der Waals surface area contributed by atoms with Crippen molar-refractivity contribution in [1.82, 2.24) is 18.4 Å². The van der Waals surface area contributed by atoms with Crippen molar-refractivity contribution in [3.63, 3.8) is 0 Å². The molecule has 1 atom stereocenters. The lowest BCUT2D eigenvalue weighted by molar-refractivity contribution is 0.266. The van der Waals surface area contributed by atoms with E-state index in [4.69, 9.17) is 16.3 Å². The van der Waals surface area contributed by atoms with Crippen molar-refractivity contribution in [3.8, 4) is 11.4 Å². The summed E-state index contributed by atoms with van der Waals surface area (Å²) in [5.74, 6) is 0.504. The van der Waals surface area contributed by atoms with Crippen molar-refractivity contribution >= 4 is 43.4 Å². The maximum Gasteiger partial charge on any atom is 0.336 e. The van der Waals surface area contributed by atoms with Gasteiger partial charge in [-0.1, -0.05) is 29.8 Å². The van der Waals surface area contributed by atoms with Crippen LogP contribution in [0.4, 0.5) is 0 Å². The van der Waals surface area contributed by atoms with Gasteiger partial charge in [0.1, 0.15) is 11.3 Å². The molecule has 0 bridgehead atoms. The van der Waals surface area contributed by atoms with E-state index in [9.17, 15) is 18.0 Å². The van der Waals surface area contributed by atoms with E-state index in [0.29, 0.717) is 52.3 Å². The van der Waals surface area contributed by atoms with Gasteiger partial charge in [-0.3, -0.25) is 14.3 Å². The quantitative estimate of drug-likeness (QED) is 0.388. The van der Waals surface area contributed by atoms with Crippen LogP contribution in [0.2, 0.25) is 5.02 Å². The number of sulfonamides is 1. The third-order valence-electron chi connectivity index (χ3n) is 6.38. The zero-order valence-electron chi connectivity index (χ0n) is 19.1. The van der Waals surface area contributed by atoms with Gasteiger partial charge >= 0.3 is 5.69 Å². The second-order valence-electron chi connectivity index (χ2n) is 8.57. The highest BCUT2D eigenvalue weighted by atomic mass is 35.5. The first-order valence-corrected chi connectivity index (χ1v) is 13.3. The molecule has 1 unspecified atom stereocenters. The number of halogens is 1. The molecule has 2 aromatic heterocycles. The molecule has 1 fully saturated rings. The van der Waals surface area contributed by atoms with Gasteiger partial charge in [-0.05, 0) is 37.1 Å². The Morgan fingerprint density at radius 2 is 1.89 bits per heavy atom. The van der Waals surface area contributed by atoms with Gasteiger partial charge in [0, 0.05) is 29.7 Å². The SMILES string of the molecule is COc1cccc2c1ncc1c(=O)n(-c3cccc(Cl)c3)c(=O)n(C3CCCN(S(C)(=O)=O)C3)c12. The molecule has 11 heteroatoms. The fraction of sp³-hybridized carbons (Fsp3) is 0.292. The molecule has 9 nitrogen and oxygen atoms in total. The number of methoxy groups -OCH3 is 1. The minimum Gasteiger partial charge on any atom is -0.494 e. The van der Waals surface area contributed by atoms with Gasteiger partial charge in [0.25, 0.3) is 5.56 Å². The van der Waals surface area contributed by atoms with Crippen molar-refractivity contribution in [1.29, 1.82) is 0 Å². The Morgan fingerprint density at radius 1 is 1.11 bits per heavy atom. The molecule has 35 heavy (non-hydrogen) atoms. The molecule has 0 saturated carbocycles. The summed E-state index contributed by atoms with van der Waals surface area (Å²) in [5.41, 5.74) is 0.135. The molecule has 0 aliphatic carbocycles. The number of aromatic nitrogens is 3. The molecule has 182 valence electrons. The Bertz CT molecular complexity index is 1700. The average Bonchev–Trinajstić information content (AvgIpc) is 2.83. The summed E-state index contributed by atoms with van der Waals surface area (Å²) in [4.78, 5) is 32.2. The van der Waals surface area contributed by atoms with E-state index in [0.717, 1.165) is 10.8 Å². The van der Waals surface area contributed by atoms with Gasteiger partial charge in [0.2, 0.25) is 10.0 Å². The zero-order chi connectivity index (χ0) is 24.9. The molecule has 2 aromatic carbocycles. The van der Waals surface area contributed by atoms with Gasteiger partial charge < -0.3 is 4.74 Å². The van der Waals surface area contributed by atoms with Crippen LogP contribution >= 0.6 is 11.6 Å². The molecule has 0 radical (unpaired) electrons. The Labute approximate surface area is 206 Å². The fourth-order valence-electron chi connectivity index (χ4n) is 4.79. The van der Waals surface area contributed by atoms with Crippen molar-refractivity contribution in [2.45, 2.75) is 18.9 Å². The molecule has 1 saturated heterocycles. The molecular formula is C24H23ClN4O5S. The third-order valence-corrected chi connectivity index (χ3v) is 7.89. The second-order valence-corrected chi connectivity index (χ2v) is 11.0. The molecule has 1 aliphatic rings. The topological polar surface area (TPSA) is 104 Å². The number of hydrogen-bond donors (Lipinski definition) is 0. The monoisotopic (exact) mass is 514 g/mol. The van der Waals surface area contributed by atoms with Crippen LogP contribution in [0.5, 0.6) is 5.75 Å². The normalized spacial score (nSPS) is 17.2. The number of nitrogens with zero attached hydrogens (tertiary/aromatic N) is 4. The lowest BCUT2D eigenvalue weighted by Crippen LogP contribution is -2.46. The van der Waals surface area contributed by atoms with Crippen LogP contribution in [0.1, 0.15) is 18.9 Å².